The van der Waals surface area contributed by atoms with Gasteiger partial charge in [0.15, 0.2) is 0 Å². The first-order chi connectivity index (χ1) is 9.04. The monoisotopic (exact) mass is 264 g/mol. The van der Waals surface area contributed by atoms with Gasteiger partial charge in [-0.3, -0.25) is 4.79 Å². The summed E-state index contributed by atoms with van der Waals surface area (Å²) in [7, 11) is 0. The van der Waals surface area contributed by atoms with E-state index in [2.05, 4.69) is 5.32 Å². The van der Waals surface area contributed by atoms with Gasteiger partial charge in [0.2, 0.25) is 5.91 Å². The highest BCUT2D eigenvalue weighted by molar-refractivity contribution is 5.81. The van der Waals surface area contributed by atoms with Crippen LogP contribution < -0.4 is 15.8 Å². The van der Waals surface area contributed by atoms with Crippen molar-refractivity contribution in [3.8, 4) is 5.75 Å². The average molecular weight is 264 g/mol. The molecular weight excluding hydrogens is 240 g/mol. The number of amides is 1. The molecule has 1 aromatic carbocycles. The van der Waals surface area contributed by atoms with Crippen LogP contribution in [0.5, 0.6) is 5.75 Å². The molecule has 0 fully saturated rings. The smallest absolute Gasteiger partial charge is 0.237 e. The average Bonchev–Trinajstić information content (AvgIpc) is 2.43. The quantitative estimate of drug-likeness (QED) is 0.739. The molecule has 4 heteroatoms. The van der Waals surface area contributed by atoms with E-state index in [9.17, 15) is 4.79 Å². The van der Waals surface area contributed by atoms with E-state index in [0.717, 1.165) is 12.2 Å². The summed E-state index contributed by atoms with van der Waals surface area (Å²) in [4.78, 5) is 11.7. The lowest BCUT2D eigenvalue weighted by Gasteiger charge is -2.17. The molecule has 0 aliphatic rings. The summed E-state index contributed by atoms with van der Waals surface area (Å²) in [6, 6.07) is 7.38. The summed E-state index contributed by atoms with van der Waals surface area (Å²) in [6.45, 7) is 6.95. The molecule has 1 rings (SSSR count). The number of aryl methyl sites for hydroxylation is 1. The van der Waals surface area contributed by atoms with Gasteiger partial charge >= 0.3 is 0 Å². The molecule has 3 N–H and O–H groups in total. The van der Waals surface area contributed by atoms with Crippen molar-refractivity contribution in [3.63, 3.8) is 0 Å². The van der Waals surface area contributed by atoms with Crippen molar-refractivity contribution in [1.82, 2.24) is 5.32 Å². The lowest BCUT2D eigenvalue weighted by molar-refractivity contribution is -0.123. The van der Waals surface area contributed by atoms with Crippen molar-refractivity contribution < 1.29 is 9.53 Å². The lowest BCUT2D eigenvalue weighted by Crippen LogP contribution is -2.45. The molecule has 0 saturated carbocycles. The molecule has 0 heterocycles. The SMILES string of the molecule is CCC(C)C(N)C(=O)NCCOc1ccc(C)cc1. The van der Waals surface area contributed by atoms with E-state index in [1.807, 2.05) is 45.0 Å². The number of ether oxygens (including phenoxy) is 1. The number of nitrogens with one attached hydrogen (secondary N) is 1. The van der Waals surface area contributed by atoms with Crippen LogP contribution in [0.25, 0.3) is 0 Å². The molecule has 0 aromatic heterocycles. The molecule has 2 atom stereocenters. The van der Waals surface area contributed by atoms with Gasteiger partial charge in [0, 0.05) is 0 Å². The summed E-state index contributed by atoms with van der Waals surface area (Å²) in [5.41, 5.74) is 7.02. The van der Waals surface area contributed by atoms with Crippen LogP contribution in [0.3, 0.4) is 0 Å². The zero-order chi connectivity index (χ0) is 14.3. The maximum atomic E-state index is 11.7. The molecule has 1 aromatic rings. The van der Waals surface area contributed by atoms with Crippen LogP contribution in [0.1, 0.15) is 25.8 Å². The minimum Gasteiger partial charge on any atom is -0.492 e. The lowest BCUT2D eigenvalue weighted by atomic mass is 9.99. The highest BCUT2D eigenvalue weighted by atomic mass is 16.5. The molecule has 0 bridgehead atoms. The van der Waals surface area contributed by atoms with Crippen LogP contribution in [0, 0.1) is 12.8 Å². The Kier molecular flexibility index (Phi) is 6.36. The topological polar surface area (TPSA) is 64.4 Å². The van der Waals surface area contributed by atoms with Gasteiger partial charge in [-0.2, -0.15) is 0 Å². The minimum absolute atomic E-state index is 0.109. The summed E-state index contributed by atoms with van der Waals surface area (Å²) < 4.78 is 5.52. The van der Waals surface area contributed by atoms with E-state index < -0.39 is 6.04 Å². The van der Waals surface area contributed by atoms with E-state index in [-0.39, 0.29) is 11.8 Å². The Bertz CT molecular complexity index is 390. The van der Waals surface area contributed by atoms with Crippen LogP contribution in [-0.4, -0.2) is 25.1 Å². The fourth-order valence-electron chi connectivity index (χ4n) is 1.61. The van der Waals surface area contributed by atoms with E-state index in [1.165, 1.54) is 5.56 Å². The Balaban J connectivity index is 2.23. The van der Waals surface area contributed by atoms with Gasteiger partial charge in [-0.05, 0) is 25.0 Å². The van der Waals surface area contributed by atoms with Gasteiger partial charge in [0.25, 0.3) is 0 Å². The van der Waals surface area contributed by atoms with Gasteiger partial charge in [-0.15, -0.1) is 0 Å². The second-order valence-electron chi connectivity index (χ2n) is 4.86. The Morgan fingerprint density at radius 1 is 1.37 bits per heavy atom. The molecule has 19 heavy (non-hydrogen) atoms. The van der Waals surface area contributed by atoms with Crippen LogP contribution in [0.4, 0.5) is 0 Å². The third-order valence-electron chi connectivity index (χ3n) is 3.25. The summed E-state index contributed by atoms with van der Waals surface area (Å²) in [5, 5.41) is 2.79. The Labute approximate surface area is 115 Å². The van der Waals surface area contributed by atoms with Crippen molar-refractivity contribution >= 4 is 5.91 Å². The second-order valence-corrected chi connectivity index (χ2v) is 4.86. The number of carbonyl (C=O) groups is 1. The molecule has 4 nitrogen and oxygen atoms in total. The molecule has 0 aliphatic heterocycles. The first kappa shape index (κ1) is 15.5. The van der Waals surface area contributed by atoms with Gasteiger partial charge in [0.1, 0.15) is 12.4 Å². The molecule has 1 amide bonds. The molecule has 106 valence electrons. The van der Waals surface area contributed by atoms with Gasteiger partial charge in [0.05, 0.1) is 12.6 Å². The predicted octanol–water partition coefficient (Wildman–Crippen LogP) is 1.86. The van der Waals surface area contributed by atoms with Gasteiger partial charge in [-0.1, -0.05) is 38.0 Å². The second kappa shape index (κ2) is 7.79. The zero-order valence-corrected chi connectivity index (χ0v) is 12.0. The Morgan fingerprint density at radius 3 is 2.58 bits per heavy atom. The standard InChI is InChI=1S/C15H24N2O2/c1-4-12(3)14(16)15(18)17-9-10-19-13-7-5-11(2)6-8-13/h5-8,12,14H,4,9-10,16H2,1-3H3,(H,17,18). The number of rotatable bonds is 7. The van der Waals surface area contributed by atoms with Crippen molar-refractivity contribution in [2.75, 3.05) is 13.2 Å². The number of nitrogens with two attached hydrogens (primary N) is 1. The van der Waals surface area contributed by atoms with Gasteiger partial charge < -0.3 is 15.8 Å². The molecule has 2 unspecified atom stereocenters. The van der Waals surface area contributed by atoms with Gasteiger partial charge in [-0.25, -0.2) is 0 Å². The van der Waals surface area contributed by atoms with Crippen LogP contribution in [-0.2, 0) is 4.79 Å². The van der Waals surface area contributed by atoms with Crippen LogP contribution >= 0.6 is 0 Å². The van der Waals surface area contributed by atoms with Crippen LogP contribution in [0.2, 0.25) is 0 Å². The van der Waals surface area contributed by atoms with E-state index >= 15 is 0 Å². The third kappa shape index (κ3) is 5.30. The Morgan fingerprint density at radius 2 is 2.00 bits per heavy atom. The number of benzene rings is 1. The number of hydrogen-bond acceptors (Lipinski definition) is 3. The first-order valence-electron chi connectivity index (χ1n) is 6.77. The van der Waals surface area contributed by atoms with Crippen molar-refractivity contribution in [3.05, 3.63) is 29.8 Å². The molecule has 0 aliphatic carbocycles. The van der Waals surface area contributed by atoms with E-state index in [1.54, 1.807) is 0 Å². The highest BCUT2D eigenvalue weighted by Gasteiger charge is 2.18. The largest absolute Gasteiger partial charge is 0.492 e. The fraction of sp³-hybridized carbons (Fsp3) is 0.533. The van der Waals surface area contributed by atoms with Crippen molar-refractivity contribution in [2.24, 2.45) is 11.7 Å². The summed E-state index contributed by atoms with van der Waals surface area (Å²) >= 11 is 0. The summed E-state index contributed by atoms with van der Waals surface area (Å²) in [5.74, 6) is 0.894. The third-order valence-corrected chi connectivity index (χ3v) is 3.25. The highest BCUT2D eigenvalue weighted by Crippen LogP contribution is 2.10. The first-order valence-corrected chi connectivity index (χ1v) is 6.77. The maximum absolute atomic E-state index is 11.7. The zero-order valence-electron chi connectivity index (χ0n) is 12.0. The molecule has 0 radical (unpaired) electrons. The number of hydrogen-bond donors (Lipinski definition) is 2. The minimum atomic E-state index is -0.440. The van der Waals surface area contributed by atoms with E-state index in [4.69, 9.17) is 10.5 Å². The fourth-order valence-corrected chi connectivity index (χ4v) is 1.61. The summed E-state index contributed by atoms with van der Waals surface area (Å²) in [6.07, 6.45) is 0.897. The molecular formula is C15H24N2O2. The van der Waals surface area contributed by atoms with Crippen molar-refractivity contribution in [2.45, 2.75) is 33.2 Å². The van der Waals surface area contributed by atoms with Crippen LogP contribution in [0.15, 0.2) is 24.3 Å². The Hall–Kier alpha value is -1.55. The van der Waals surface area contributed by atoms with E-state index in [0.29, 0.717) is 13.2 Å². The number of carbonyl (C=O) groups excluding carboxylic acids is 1. The maximum Gasteiger partial charge on any atom is 0.237 e. The molecule has 0 spiro atoms. The molecule has 0 saturated heterocycles. The predicted molar refractivity (Wildman–Crippen MR) is 77.1 cm³/mol. The normalized spacial score (nSPS) is 13.7. The van der Waals surface area contributed by atoms with Crippen molar-refractivity contribution in [1.29, 1.82) is 0 Å².